The van der Waals surface area contributed by atoms with E-state index in [4.69, 9.17) is 5.26 Å². The number of nitriles is 1. The van der Waals surface area contributed by atoms with Crippen LogP contribution in [0.5, 0.6) is 0 Å². The van der Waals surface area contributed by atoms with Gasteiger partial charge in [0, 0.05) is 6.42 Å². The summed E-state index contributed by atoms with van der Waals surface area (Å²) in [6.07, 6.45) is 0.106. The standard InChI is InChI=1S/C9H11NO4/c1-6(3-4-10)8(7(12)5-11)9(13)14-2/h5-6,8H,3H2,1-2H3/t6-,8?/m0/s1. The predicted molar refractivity (Wildman–Crippen MR) is 46.0 cm³/mol. The van der Waals surface area contributed by atoms with Crippen LogP contribution in [0.2, 0.25) is 0 Å². The molecule has 0 fully saturated rings. The smallest absolute Gasteiger partial charge is 0.317 e. The van der Waals surface area contributed by atoms with Crippen LogP contribution in [0.15, 0.2) is 0 Å². The number of carbonyl (C=O) groups excluding carboxylic acids is 3. The number of hydrogen-bond acceptors (Lipinski definition) is 5. The van der Waals surface area contributed by atoms with Crippen molar-refractivity contribution < 1.29 is 19.1 Å². The maximum Gasteiger partial charge on any atom is 0.317 e. The van der Waals surface area contributed by atoms with Crippen molar-refractivity contribution in [2.45, 2.75) is 13.3 Å². The fourth-order valence-corrected chi connectivity index (χ4v) is 1.09. The van der Waals surface area contributed by atoms with Crippen molar-refractivity contribution in [1.82, 2.24) is 0 Å². The summed E-state index contributed by atoms with van der Waals surface area (Å²) in [4.78, 5) is 32.4. The van der Waals surface area contributed by atoms with Gasteiger partial charge in [0.15, 0.2) is 6.29 Å². The Balaban J connectivity index is 4.72. The average molecular weight is 197 g/mol. The minimum Gasteiger partial charge on any atom is -0.468 e. The maximum atomic E-state index is 11.1. The molecular weight excluding hydrogens is 186 g/mol. The van der Waals surface area contributed by atoms with Gasteiger partial charge >= 0.3 is 5.97 Å². The molecule has 0 aromatic rings. The van der Waals surface area contributed by atoms with Gasteiger partial charge in [0.1, 0.15) is 5.92 Å². The molecule has 76 valence electrons. The van der Waals surface area contributed by atoms with E-state index in [0.717, 1.165) is 7.11 Å². The molecule has 0 saturated carbocycles. The lowest BCUT2D eigenvalue weighted by Gasteiger charge is -2.15. The second kappa shape index (κ2) is 5.86. The molecule has 0 saturated heterocycles. The van der Waals surface area contributed by atoms with Gasteiger partial charge in [-0.05, 0) is 5.92 Å². The van der Waals surface area contributed by atoms with Crippen LogP contribution in [-0.4, -0.2) is 25.1 Å². The predicted octanol–water partition coefficient (Wildman–Crippen LogP) is 0.0934. The van der Waals surface area contributed by atoms with Crippen LogP contribution in [0.4, 0.5) is 0 Å². The Kier molecular flexibility index (Phi) is 5.15. The van der Waals surface area contributed by atoms with Crippen molar-refractivity contribution >= 4 is 18.0 Å². The van der Waals surface area contributed by atoms with Gasteiger partial charge in [-0.3, -0.25) is 14.4 Å². The van der Waals surface area contributed by atoms with Crippen molar-refractivity contribution in [2.24, 2.45) is 11.8 Å². The molecule has 0 aromatic heterocycles. The molecule has 0 radical (unpaired) electrons. The first-order chi connectivity index (χ1) is 6.58. The summed E-state index contributed by atoms with van der Waals surface area (Å²) in [6.45, 7) is 1.55. The number of esters is 1. The minimum atomic E-state index is -1.16. The Bertz CT molecular complexity index is 279. The lowest BCUT2D eigenvalue weighted by molar-refractivity contribution is -0.152. The van der Waals surface area contributed by atoms with Gasteiger partial charge in [-0.1, -0.05) is 6.92 Å². The van der Waals surface area contributed by atoms with Crippen LogP contribution in [0.25, 0.3) is 0 Å². The number of aldehydes is 1. The molecule has 14 heavy (non-hydrogen) atoms. The summed E-state index contributed by atoms with van der Waals surface area (Å²) in [5.74, 6) is -3.29. The van der Waals surface area contributed by atoms with Gasteiger partial charge in [-0.2, -0.15) is 5.26 Å². The number of hydrogen-bond donors (Lipinski definition) is 0. The minimum absolute atomic E-state index is 0.0271. The SMILES string of the molecule is COC(=O)C(C(=O)C=O)[C@@H](C)CC#N. The van der Waals surface area contributed by atoms with Gasteiger partial charge in [0.2, 0.25) is 5.78 Å². The van der Waals surface area contributed by atoms with Crippen LogP contribution in [-0.2, 0) is 19.1 Å². The summed E-state index contributed by atoms with van der Waals surface area (Å²) in [5.41, 5.74) is 0. The molecule has 0 spiro atoms. The van der Waals surface area contributed by atoms with E-state index in [-0.39, 0.29) is 12.7 Å². The molecule has 0 amide bonds. The normalized spacial score (nSPS) is 13.5. The topological polar surface area (TPSA) is 84.2 Å². The number of carbonyl (C=O) groups is 3. The zero-order valence-electron chi connectivity index (χ0n) is 8.02. The van der Waals surface area contributed by atoms with E-state index in [0.29, 0.717) is 0 Å². The molecule has 0 bridgehead atoms. The van der Waals surface area contributed by atoms with Crippen LogP contribution in [0, 0.1) is 23.2 Å². The molecule has 0 aliphatic rings. The highest BCUT2D eigenvalue weighted by Crippen LogP contribution is 2.17. The Morgan fingerprint density at radius 3 is 2.50 bits per heavy atom. The quantitative estimate of drug-likeness (QED) is 0.270. The lowest BCUT2D eigenvalue weighted by atomic mass is 9.88. The molecule has 0 heterocycles. The Morgan fingerprint density at radius 1 is 1.57 bits per heavy atom. The van der Waals surface area contributed by atoms with E-state index in [1.54, 1.807) is 6.92 Å². The van der Waals surface area contributed by atoms with Crippen molar-refractivity contribution in [2.75, 3.05) is 7.11 Å². The summed E-state index contributed by atoms with van der Waals surface area (Å²) < 4.78 is 4.37. The third-order valence-corrected chi connectivity index (χ3v) is 1.86. The number of nitrogens with zero attached hydrogens (tertiary/aromatic N) is 1. The fourth-order valence-electron chi connectivity index (χ4n) is 1.09. The van der Waals surface area contributed by atoms with E-state index in [1.165, 1.54) is 0 Å². The van der Waals surface area contributed by atoms with E-state index >= 15 is 0 Å². The van der Waals surface area contributed by atoms with E-state index in [9.17, 15) is 14.4 Å². The zero-order chi connectivity index (χ0) is 11.1. The van der Waals surface area contributed by atoms with Gasteiger partial charge < -0.3 is 4.74 Å². The molecule has 0 rings (SSSR count). The third-order valence-electron chi connectivity index (χ3n) is 1.86. The number of Topliss-reactive ketones (excluding diaryl/α,β-unsaturated/α-hetero) is 1. The van der Waals surface area contributed by atoms with Crippen LogP contribution in [0.1, 0.15) is 13.3 Å². The second-order valence-corrected chi connectivity index (χ2v) is 2.86. The van der Waals surface area contributed by atoms with Crippen LogP contribution in [0.3, 0.4) is 0 Å². The highest BCUT2D eigenvalue weighted by atomic mass is 16.5. The molecule has 2 atom stereocenters. The van der Waals surface area contributed by atoms with Gasteiger partial charge in [0.25, 0.3) is 0 Å². The van der Waals surface area contributed by atoms with Crippen molar-refractivity contribution in [3.63, 3.8) is 0 Å². The average Bonchev–Trinajstić information content (AvgIpc) is 2.17. The van der Waals surface area contributed by atoms with E-state index in [2.05, 4.69) is 4.74 Å². The molecule has 1 unspecified atom stereocenters. The highest BCUT2D eigenvalue weighted by Gasteiger charge is 2.32. The van der Waals surface area contributed by atoms with E-state index in [1.807, 2.05) is 6.07 Å². The molecule has 0 aliphatic carbocycles. The number of ketones is 1. The molecule has 0 aliphatic heterocycles. The van der Waals surface area contributed by atoms with Crippen molar-refractivity contribution in [3.8, 4) is 6.07 Å². The van der Waals surface area contributed by atoms with Crippen molar-refractivity contribution in [1.29, 1.82) is 5.26 Å². The first-order valence-corrected chi connectivity index (χ1v) is 4.02. The number of rotatable bonds is 5. The van der Waals surface area contributed by atoms with Crippen molar-refractivity contribution in [3.05, 3.63) is 0 Å². The molecule has 5 nitrogen and oxygen atoms in total. The van der Waals surface area contributed by atoms with E-state index < -0.39 is 23.6 Å². The zero-order valence-corrected chi connectivity index (χ0v) is 8.02. The fraction of sp³-hybridized carbons (Fsp3) is 0.556. The highest BCUT2D eigenvalue weighted by molar-refractivity contribution is 6.30. The van der Waals surface area contributed by atoms with Gasteiger partial charge in [-0.15, -0.1) is 0 Å². The van der Waals surface area contributed by atoms with Gasteiger partial charge in [-0.25, -0.2) is 0 Å². The lowest BCUT2D eigenvalue weighted by Crippen LogP contribution is -2.31. The number of methoxy groups -OCH3 is 1. The molecule has 0 N–H and O–H groups in total. The number of ether oxygens (including phenoxy) is 1. The summed E-state index contributed by atoms with van der Waals surface area (Å²) in [7, 11) is 1.13. The summed E-state index contributed by atoms with van der Waals surface area (Å²) in [5, 5.41) is 8.39. The molecule has 5 heteroatoms. The maximum absolute atomic E-state index is 11.1. The second-order valence-electron chi connectivity index (χ2n) is 2.86. The van der Waals surface area contributed by atoms with Crippen LogP contribution >= 0.6 is 0 Å². The summed E-state index contributed by atoms with van der Waals surface area (Å²) in [6, 6.07) is 1.83. The largest absolute Gasteiger partial charge is 0.468 e. The first-order valence-electron chi connectivity index (χ1n) is 4.02. The third kappa shape index (κ3) is 2.98. The summed E-state index contributed by atoms with van der Waals surface area (Å²) >= 11 is 0. The molecular formula is C9H11NO4. The molecule has 0 aromatic carbocycles. The first kappa shape index (κ1) is 12.3. The monoisotopic (exact) mass is 197 g/mol. The Morgan fingerprint density at radius 2 is 2.14 bits per heavy atom. The van der Waals surface area contributed by atoms with Crippen LogP contribution < -0.4 is 0 Å². The Hall–Kier alpha value is -1.70. The van der Waals surface area contributed by atoms with Gasteiger partial charge in [0.05, 0.1) is 13.2 Å². The Labute approximate surface area is 81.6 Å².